The maximum absolute atomic E-state index is 11.7. The molecule has 0 aromatic carbocycles. The number of hydrogen-bond donors (Lipinski definition) is 1. The van der Waals surface area contributed by atoms with Gasteiger partial charge in [0.2, 0.25) is 5.91 Å². The second-order valence-corrected chi connectivity index (χ2v) is 7.79. The topological polar surface area (TPSA) is 63.2 Å². The van der Waals surface area contributed by atoms with Crippen molar-refractivity contribution >= 4 is 27.1 Å². The Kier molecular flexibility index (Phi) is 4.40. The molecular formula is C12H17NO3S2. The molecule has 0 radical (unpaired) electrons. The lowest BCUT2D eigenvalue weighted by molar-refractivity contribution is -0.120. The number of thiophene rings is 1. The highest BCUT2D eigenvalue weighted by molar-refractivity contribution is 7.91. The van der Waals surface area contributed by atoms with Crippen LogP contribution in [0.3, 0.4) is 0 Å². The number of amides is 1. The van der Waals surface area contributed by atoms with E-state index in [9.17, 15) is 13.2 Å². The minimum atomic E-state index is -2.81. The molecule has 0 saturated carbocycles. The van der Waals surface area contributed by atoms with Gasteiger partial charge < -0.3 is 5.32 Å². The van der Waals surface area contributed by atoms with Gasteiger partial charge in [-0.2, -0.15) is 11.3 Å². The van der Waals surface area contributed by atoms with Crippen molar-refractivity contribution in [1.82, 2.24) is 5.32 Å². The van der Waals surface area contributed by atoms with Crippen molar-refractivity contribution in [2.24, 2.45) is 5.92 Å². The number of sulfone groups is 1. The van der Waals surface area contributed by atoms with Crippen LogP contribution in [0, 0.1) is 5.92 Å². The molecule has 1 aliphatic heterocycles. The first-order valence-electron chi connectivity index (χ1n) is 6.03. The minimum Gasteiger partial charge on any atom is -0.356 e. The first-order chi connectivity index (χ1) is 8.55. The van der Waals surface area contributed by atoms with E-state index in [4.69, 9.17) is 0 Å². The predicted molar refractivity (Wildman–Crippen MR) is 72.4 cm³/mol. The fourth-order valence-corrected chi connectivity index (χ4v) is 4.30. The summed E-state index contributed by atoms with van der Waals surface area (Å²) >= 11 is 1.58. The molecular weight excluding hydrogens is 270 g/mol. The molecule has 2 heterocycles. The van der Waals surface area contributed by atoms with Gasteiger partial charge in [0.15, 0.2) is 0 Å². The minimum absolute atomic E-state index is 0.0156. The second kappa shape index (κ2) is 5.84. The Labute approximate surface area is 111 Å². The smallest absolute Gasteiger partial charge is 0.224 e. The van der Waals surface area contributed by atoms with Gasteiger partial charge in [0.25, 0.3) is 0 Å². The van der Waals surface area contributed by atoms with Gasteiger partial charge in [-0.15, -0.1) is 0 Å². The average Bonchev–Trinajstić information content (AvgIpc) is 2.80. The first kappa shape index (κ1) is 13.5. The summed E-state index contributed by atoms with van der Waals surface area (Å²) in [5.41, 5.74) is 1.03. The maximum Gasteiger partial charge on any atom is 0.224 e. The molecule has 1 amide bonds. The van der Waals surface area contributed by atoms with Crippen molar-refractivity contribution in [3.05, 3.63) is 22.4 Å². The lowest BCUT2D eigenvalue weighted by Gasteiger charge is -2.22. The van der Waals surface area contributed by atoms with E-state index in [1.165, 1.54) is 0 Å². The van der Waals surface area contributed by atoms with Crippen LogP contribution in [-0.4, -0.2) is 32.4 Å². The third-order valence-electron chi connectivity index (χ3n) is 3.21. The van der Waals surface area contributed by atoms with Crippen molar-refractivity contribution < 1.29 is 13.2 Å². The number of hydrogen-bond acceptors (Lipinski definition) is 4. The molecule has 1 N–H and O–H groups in total. The van der Waals surface area contributed by atoms with Crippen LogP contribution in [0.25, 0.3) is 0 Å². The Hall–Kier alpha value is -0.880. The standard InChI is InChI=1S/C12H17NO3S2/c14-12(7-11-1-4-17-9-11)13-8-10-2-5-18(15,16)6-3-10/h1,4,9-10H,2-3,5-8H2,(H,13,14). The fourth-order valence-electron chi connectivity index (χ4n) is 2.04. The Morgan fingerprint density at radius 2 is 2.11 bits per heavy atom. The monoisotopic (exact) mass is 287 g/mol. The van der Waals surface area contributed by atoms with E-state index in [2.05, 4.69) is 5.32 Å². The van der Waals surface area contributed by atoms with Gasteiger partial charge in [0.1, 0.15) is 9.84 Å². The van der Waals surface area contributed by atoms with Crippen molar-refractivity contribution in [3.63, 3.8) is 0 Å². The molecule has 1 aliphatic rings. The quantitative estimate of drug-likeness (QED) is 0.906. The van der Waals surface area contributed by atoms with Gasteiger partial charge in [-0.05, 0) is 41.1 Å². The van der Waals surface area contributed by atoms with E-state index < -0.39 is 9.84 Å². The van der Waals surface area contributed by atoms with E-state index in [-0.39, 0.29) is 17.4 Å². The van der Waals surface area contributed by atoms with Crippen molar-refractivity contribution in [3.8, 4) is 0 Å². The summed E-state index contributed by atoms with van der Waals surface area (Å²) in [5.74, 6) is 0.845. The van der Waals surface area contributed by atoms with Crippen LogP contribution in [0.2, 0.25) is 0 Å². The highest BCUT2D eigenvalue weighted by Crippen LogP contribution is 2.17. The van der Waals surface area contributed by atoms with E-state index >= 15 is 0 Å². The molecule has 0 atom stereocenters. The zero-order chi connectivity index (χ0) is 13.0. The summed E-state index contributed by atoms with van der Waals surface area (Å²) in [6.45, 7) is 0.596. The maximum atomic E-state index is 11.7. The van der Waals surface area contributed by atoms with Crippen LogP contribution in [-0.2, 0) is 21.1 Å². The van der Waals surface area contributed by atoms with Crippen molar-refractivity contribution in [2.75, 3.05) is 18.1 Å². The van der Waals surface area contributed by atoms with Crippen LogP contribution < -0.4 is 5.32 Å². The van der Waals surface area contributed by atoms with Gasteiger partial charge in [-0.1, -0.05) is 0 Å². The van der Waals surface area contributed by atoms with Gasteiger partial charge in [-0.25, -0.2) is 8.42 Å². The zero-order valence-corrected chi connectivity index (χ0v) is 11.7. The third kappa shape index (κ3) is 4.10. The zero-order valence-electron chi connectivity index (χ0n) is 10.1. The predicted octanol–water partition coefficient (Wildman–Crippen LogP) is 1.23. The fraction of sp³-hybridized carbons (Fsp3) is 0.583. The average molecular weight is 287 g/mol. The summed E-state index contributed by atoms with van der Waals surface area (Å²) in [7, 11) is -2.81. The van der Waals surface area contributed by atoms with Gasteiger partial charge in [0.05, 0.1) is 17.9 Å². The SMILES string of the molecule is O=C(Cc1ccsc1)NCC1CCS(=O)(=O)CC1. The molecule has 100 valence electrons. The van der Waals surface area contributed by atoms with Crippen molar-refractivity contribution in [1.29, 1.82) is 0 Å². The summed E-state index contributed by atoms with van der Waals surface area (Å²) in [4.78, 5) is 11.7. The molecule has 0 unspecified atom stereocenters. The Balaban J connectivity index is 1.70. The molecule has 1 aromatic heterocycles. The third-order valence-corrected chi connectivity index (χ3v) is 5.65. The largest absolute Gasteiger partial charge is 0.356 e. The molecule has 6 heteroatoms. The second-order valence-electron chi connectivity index (χ2n) is 4.71. The Morgan fingerprint density at radius 1 is 1.39 bits per heavy atom. The van der Waals surface area contributed by atoms with Crippen LogP contribution >= 0.6 is 11.3 Å². The number of carbonyl (C=O) groups excluding carboxylic acids is 1. The molecule has 4 nitrogen and oxygen atoms in total. The van der Waals surface area contributed by atoms with Crippen LogP contribution in [0.5, 0.6) is 0 Å². The number of rotatable bonds is 4. The Morgan fingerprint density at radius 3 is 2.72 bits per heavy atom. The lowest BCUT2D eigenvalue weighted by atomic mass is 10.0. The number of carbonyl (C=O) groups is 1. The molecule has 1 aromatic rings. The van der Waals surface area contributed by atoms with Crippen molar-refractivity contribution in [2.45, 2.75) is 19.3 Å². The summed E-state index contributed by atoms with van der Waals surface area (Å²) in [6, 6.07) is 1.94. The molecule has 0 aliphatic carbocycles. The summed E-state index contributed by atoms with van der Waals surface area (Å²) < 4.78 is 22.5. The first-order valence-corrected chi connectivity index (χ1v) is 8.80. The number of nitrogens with one attached hydrogen (secondary N) is 1. The molecule has 1 fully saturated rings. The molecule has 2 rings (SSSR count). The van der Waals surface area contributed by atoms with Gasteiger partial charge >= 0.3 is 0 Å². The van der Waals surface area contributed by atoms with Crippen LogP contribution in [0.1, 0.15) is 18.4 Å². The van der Waals surface area contributed by atoms with E-state index in [1.54, 1.807) is 11.3 Å². The lowest BCUT2D eigenvalue weighted by Crippen LogP contribution is -2.34. The summed E-state index contributed by atoms with van der Waals surface area (Å²) in [6.07, 6.45) is 1.75. The van der Waals surface area contributed by atoms with Crippen LogP contribution in [0.4, 0.5) is 0 Å². The molecule has 0 bridgehead atoms. The molecule has 1 saturated heterocycles. The van der Waals surface area contributed by atoms with Gasteiger partial charge in [-0.3, -0.25) is 4.79 Å². The van der Waals surface area contributed by atoms with E-state index in [1.807, 2.05) is 16.8 Å². The normalized spacial score (nSPS) is 19.6. The molecule has 0 spiro atoms. The van der Waals surface area contributed by atoms with E-state index in [0.29, 0.717) is 31.7 Å². The van der Waals surface area contributed by atoms with E-state index in [0.717, 1.165) is 5.56 Å². The highest BCUT2D eigenvalue weighted by atomic mass is 32.2. The molecule has 18 heavy (non-hydrogen) atoms. The highest BCUT2D eigenvalue weighted by Gasteiger charge is 2.23. The Bertz CT molecular complexity index is 479. The van der Waals surface area contributed by atoms with Crippen LogP contribution in [0.15, 0.2) is 16.8 Å². The summed E-state index contributed by atoms with van der Waals surface area (Å²) in [5, 5.41) is 6.81. The van der Waals surface area contributed by atoms with Gasteiger partial charge in [0, 0.05) is 6.54 Å².